The van der Waals surface area contributed by atoms with Gasteiger partial charge in [-0.2, -0.15) is 0 Å². The predicted molar refractivity (Wildman–Crippen MR) is 109 cm³/mol. The first-order chi connectivity index (χ1) is 13.7. The molecule has 2 aromatic rings. The number of aryl methyl sites for hydroxylation is 1. The van der Waals surface area contributed by atoms with Crippen molar-refractivity contribution in [2.24, 2.45) is 4.99 Å². The van der Waals surface area contributed by atoms with Crippen LogP contribution < -0.4 is 14.8 Å². The van der Waals surface area contributed by atoms with Crippen LogP contribution in [0.25, 0.3) is 0 Å². The predicted octanol–water partition coefficient (Wildman–Crippen LogP) is 1.88. The maximum Gasteiger partial charge on any atom is 0.194 e. The molecule has 0 aliphatic carbocycles. The lowest BCUT2D eigenvalue weighted by atomic mass is 10.1. The largest absolute Gasteiger partial charge is 0.493 e. The maximum absolute atomic E-state index is 5.40. The van der Waals surface area contributed by atoms with E-state index in [1.54, 1.807) is 14.2 Å². The summed E-state index contributed by atoms with van der Waals surface area (Å²) in [6.45, 7) is 5.26. The number of benzene rings is 1. The Labute approximate surface area is 166 Å². The average Bonchev–Trinajstić information content (AvgIpc) is 3.33. The van der Waals surface area contributed by atoms with Gasteiger partial charge < -0.3 is 24.3 Å². The van der Waals surface area contributed by atoms with Crippen molar-refractivity contribution >= 4 is 5.96 Å². The van der Waals surface area contributed by atoms with Gasteiger partial charge in [0.2, 0.25) is 0 Å². The van der Waals surface area contributed by atoms with E-state index in [1.807, 2.05) is 12.1 Å². The minimum absolute atomic E-state index is 0.538. The first kappa shape index (κ1) is 20.0. The zero-order valence-electron chi connectivity index (χ0n) is 17.2. The number of fused-ring (bicyclic) bond motifs is 1. The Kier molecular flexibility index (Phi) is 6.73. The van der Waals surface area contributed by atoms with E-state index >= 15 is 0 Å². The van der Waals surface area contributed by atoms with Gasteiger partial charge in [-0.15, -0.1) is 10.2 Å². The lowest BCUT2D eigenvalue weighted by Crippen LogP contribution is -2.40. The molecular formula is C20H30N6O2. The van der Waals surface area contributed by atoms with Crippen LogP contribution in [0.3, 0.4) is 0 Å². The quantitative estimate of drug-likeness (QED) is 0.551. The second kappa shape index (κ2) is 9.43. The third-order valence-corrected chi connectivity index (χ3v) is 4.94. The summed E-state index contributed by atoms with van der Waals surface area (Å²) < 4.78 is 12.9. The number of hydrogen-bond acceptors (Lipinski definition) is 5. The molecule has 0 fully saturated rings. The number of guanidine groups is 1. The van der Waals surface area contributed by atoms with Crippen LogP contribution in [0.2, 0.25) is 0 Å². The number of nitrogens with one attached hydrogen (secondary N) is 1. The second-order valence-electron chi connectivity index (χ2n) is 6.82. The lowest BCUT2D eigenvalue weighted by Gasteiger charge is -2.22. The van der Waals surface area contributed by atoms with Crippen LogP contribution in [-0.2, 0) is 25.9 Å². The molecule has 0 saturated heterocycles. The molecule has 8 nitrogen and oxygen atoms in total. The number of likely N-dealkylation sites (N-methyl/N-ethyl adjacent to an activating group) is 1. The van der Waals surface area contributed by atoms with Crippen LogP contribution in [-0.4, -0.2) is 60.0 Å². The molecule has 0 bridgehead atoms. The number of ether oxygens (including phenoxy) is 2. The third-order valence-electron chi connectivity index (χ3n) is 4.94. The number of methoxy groups -OCH3 is 2. The third kappa shape index (κ3) is 4.55. The molecule has 2 heterocycles. The molecular weight excluding hydrogens is 356 g/mol. The lowest BCUT2D eigenvalue weighted by molar-refractivity contribution is 0.354. The van der Waals surface area contributed by atoms with Crippen LogP contribution in [0.15, 0.2) is 23.2 Å². The molecule has 28 heavy (non-hydrogen) atoms. The number of hydrogen-bond donors (Lipinski definition) is 1. The fourth-order valence-corrected chi connectivity index (χ4v) is 3.38. The van der Waals surface area contributed by atoms with Gasteiger partial charge in [0.1, 0.15) is 12.4 Å². The standard InChI is InChI=1S/C20H30N6O2/c1-5-21-20(22-14-19-24-23-18-7-6-11-26(18)19)25(2)12-10-15-8-9-16(27-3)17(13-15)28-4/h8-9,13H,5-7,10-12,14H2,1-4H3,(H,21,22). The van der Waals surface area contributed by atoms with Crippen LogP contribution in [0, 0.1) is 0 Å². The highest BCUT2D eigenvalue weighted by Crippen LogP contribution is 2.27. The molecule has 0 amide bonds. The highest BCUT2D eigenvalue weighted by atomic mass is 16.5. The first-order valence-corrected chi connectivity index (χ1v) is 9.77. The summed E-state index contributed by atoms with van der Waals surface area (Å²) in [5, 5.41) is 11.9. The summed E-state index contributed by atoms with van der Waals surface area (Å²) in [5.74, 6) is 4.39. The van der Waals surface area contributed by atoms with E-state index in [0.717, 1.165) is 68.0 Å². The minimum Gasteiger partial charge on any atom is -0.493 e. The van der Waals surface area contributed by atoms with Crippen molar-refractivity contribution in [1.29, 1.82) is 0 Å². The molecule has 0 spiro atoms. The van der Waals surface area contributed by atoms with Crippen molar-refractivity contribution < 1.29 is 9.47 Å². The Bertz CT molecular complexity index is 817. The zero-order chi connectivity index (χ0) is 19.9. The molecule has 1 aliphatic rings. The monoisotopic (exact) mass is 386 g/mol. The number of rotatable bonds is 8. The smallest absolute Gasteiger partial charge is 0.194 e. The van der Waals surface area contributed by atoms with E-state index in [4.69, 9.17) is 14.5 Å². The fraction of sp³-hybridized carbons (Fsp3) is 0.550. The van der Waals surface area contributed by atoms with Crippen LogP contribution in [0.4, 0.5) is 0 Å². The van der Waals surface area contributed by atoms with E-state index in [0.29, 0.717) is 6.54 Å². The van der Waals surface area contributed by atoms with E-state index in [2.05, 4.69) is 45.0 Å². The molecule has 1 aromatic heterocycles. The summed E-state index contributed by atoms with van der Waals surface area (Å²) >= 11 is 0. The zero-order valence-corrected chi connectivity index (χ0v) is 17.2. The molecule has 0 radical (unpaired) electrons. The van der Waals surface area contributed by atoms with E-state index in [-0.39, 0.29) is 0 Å². The van der Waals surface area contributed by atoms with E-state index in [1.165, 1.54) is 5.56 Å². The Morgan fingerprint density at radius 3 is 2.82 bits per heavy atom. The fourth-order valence-electron chi connectivity index (χ4n) is 3.38. The highest BCUT2D eigenvalue weighted by Gasteiger charge is 2.17. The average molecular weight is 387 g/mol. The van der Waals surface area contributed by atoms with Gasteiger partial charge in [0.15, 0.2) is 23.3 Å². The van der Waals surface area contributed by atoms with Crippen LogP contribution >= 0.6 is 0 Å². The van der Waals surface area contributed by atoms with Gasteiger partial charge in [-0.25, -0.2) is 4.99 Å². The summed E-state index contributed by atoms with van der Waals surface area (Å²) in [6, 6.07) is 6.04. The number of nitrogens with zero attached hydrogens (tertiary/aromatic N) is 5. The Balaban J connectivity index is 1.63. The molecule has 0 unspecified atom stereocenters. The first-order valence-electron chi connectivity index (χ1n) is 9.77. The Morgan fingerprint density at radius 1 is 1.25 bits per heavy atom. The minimum atomic E-state index is 0.538. The topological polar surface area (TPSA) is 76.8 Å². The van der Waals surface area contributed by atoms with Crippen LogP contribution in [0.1, 0.15) is 30.6 Å². The molecule has 3 rings (SSSR count). The summed E-state index contributed by atoms with van der Waals surface area (Å²) in [7, 11) is 5.36. The maximum atomic E-state index is 5.40. The van der Waals surface area contributed by atoms with Gasteiger partial charge in [0.05, 0.1) is 14.2 Å². The van der Waals surface area contributed by atoms with E-state index in [9.17, 15) is 0 Å². The normalized spacial score (nSPS) is 13.4. The van der Waals surface area contributed by atoms with Gasteiger partial charge in [-0.1, -0.05) is 6.07 Å². The SMILES string of the molecule is CCNC(=NCc1nnc2n1CCC2)N(C)CCc1ccc(OC)c(OC)c1. The molecule has 152 valence electrons. The molecule has 0 atom stereocenters. The van der Waals surface area contributed by atoms with Crippen molar-refractivity contribution in [2.45, 2.75) is 39.3 Å². The summed E-state index contributed by atoms with van der Waals surface area (Å²) in [6.07, 6.45) is 3.04. The number of aromatic nitrogens is 3. The summed E-state index contributed by atoms with van der Waals surface area (Å²) in [4.78, 5) is 6.91. The van der Waals surface area contributed by atoms with Crippen molar-refractivity contribution in [1.82, 2.24) is 25.0 Å². The van der Waals surface area contributed by atoms with Gasteiger partial charge >= 0.3 is 0 Å². The molecule has 0 saturated carbocycles. The number of aliphatic imine (C=N–C) groups is 1. The summed E-state index contributed by atoms with van der Waals surface area (Å²) in [5.41, 5.74) is 1.19. The van der Waals surface area contributed by atoms with Crippen molar-refractivity contribution in [3.63, 3.8) is 0 Å². The van der Waals surface area contributed by atoms with Gasteiger partial charge in [0.25, 0.3) is 0 Å². The highest BCUT2D eigenvalue weighted by molar-refractivity contribution is 5.79. The van der Waals surface area contributed by atoms with Crippen molar-refractivity contribution in [3.05, 3.63) is 35.4 Å². The molecule has 1 N–H and O–H groups in total. The van der Waals surface area contributed by atoms with Crippen LogP contribution in [0.5, 0.6) is 11.5 Å². The molecule has 1 aliphatic heterocycles. The van der Waals surface area contributed by atoms with Gasteiger partial charge in [0, 0.05) is 33.1 Å². The molecule has 8 heteroatoms. The van der Waals surface area contributed by atoms with E-state index < -0.39 is 0 Å². The van der Waals surface area contributed by atoms with Gasteiger partial charge in [-0.3, -0.25) is 0 Å². The Hall–Kier alpha value is -2.77. The molecule has 1 aromatic carbocycles. The van der Waals surface area contributed by atoms with Gasteiger partial charge in [-0.05, 0) is 37.5 Å². The van der Waals surface area contributed by atoms with Crippen molar-refractivity contribution in [2.75, 3.05) is 34.4 Å². The van der Waals surface area contributed by atoms with Crippen molar-refractivity contribution in [3.8, 4) is 11.5 Å². The second-order valence-corrected chi connectivity index (χ2v) is 6.82. The Morgan fingerprint density at radius 2 is 2.07 bits per heavy atom.